The maximum Gasteiger partial charge on any atom is 0.493 e. The van der Waals surface area contributed by atoms with Gasteiger partial charge in [-0.15, -0.1) is 5.10 Å². The third-order valence-electron chi connectivity index (χ3n) is 6.65. The summed E-state index contributed by atoms with van der Waals surface area (Å²) in [5.41, 5.74) is -2.72. The molecule has 1 aliphatic rings. The molecule has 0 aliphatic carbocycles. The molecule has 0 radical (unpaired) electrons. The molecule has 3 heterocycles. The molecule has 0 amide bonds. The average Bonchev–Trinajstić information content (AvgIpc) is 3.32. The molecule has 1 N–H and O–H groups in total. The van der Waals surface area contributed by atoms with E-state index in [9.17, 15) is 44.7 Å². The molecule has 1 aliphatic heterocycles. The summed E-state index contributed by atoms with van der Waals surface area (Å²) in [6.45, 7) is 1.48. The molecule has 17 heteroatoms. The summed E-state index contributed by atoms with van der Waals surface area (Å²) in [4.78, 5) is 36.6. The van der Waals surface area contributed by atoms with E-state index in [2.05, 4.69) is 30.0 Å². The van der Waals surface area contributed by atoms with Crippen molar-refractivity contribution in [2.24, 2.45) is 5.92 Å². The van der Waals surface area contributed by atoms with Crippen LogP contribution >= 0.6 is 0 Å². The molecular weight excluding hydrogens is 610 g/mol. The van der Waals surface area contributed by atoms with Gasteiger partial charge in [-0.2, -0.15) is 26.3 Å². The van der Waals surface area contributed by atoms with E-state index in [4.69, 9.17) is 0 Å². The van der Waals surface area contributed by atoms with Gasteiger partial charge in [0.25, 0.3) is 0 Å². The van der Waals surface area contributed by atoms with E-state index in [0.717, 1.165) is 55.9 Å². The van der Waals surface area contributed by atoms with Crippen molar-refractivity contribution >= 4 is 22.8 Å². The lowest BCUT2D eigenvalue weighted by molar-refractivity contribution is -0.200. The number of carbonyl (C=O) groups is 2. The number of nitrogens with zero attached hydrogens (tertiary/aromatic N) is 4. The van der Waals surface area contributed by atoms with Gasteiger partial charge in [0, 0.05) is 11.8 Å². The van der Waals surface area contributed by atoms with Gasteiger partial charge < -0.3 is 14.9 Å². The molecule has 1 atom stereocenters. The van der Waals surface area contributed by atoms with E-state index in [1.165, 1.54) is 6.20 Å². The first-order valence-electron chi connectivity index (χ1n) is 12.8. The molecule has 1 fully saturated rings. The van der Waals surface area contributed by atoms with Crippen molar-refractivity contribution in [3.05, 3.63) is 60.1 Å². The van der Waals surface area contributed by atoms with E-state index in [1.807, 2.05) is 0 Å². The van der Waals surface area contributed by atoms with Crippen molar-refractivity contribution < 1.29 is 54.3 Å². The number of piperidine rings is 1. The van der Waals surface area contributed by atoms with Crippen LogP contribution < -0.4 is 14.9 Å². The van der Waals surface area contributed by atoms with Crippen LogP contribution in [0.25, 0.3) is 33.4 Å². The highest BCUT2D eigenvalue weighted by molar-refractivity contribution is 6.03. The predicted molar refractivity (Wildman–Crippen MR) is 135 cm³/mol. The zero-order valence-corrected chi connectivity index (χ0v) is 22.1. The Kier molecular flexibility index (Phi) is 8.24. The topological polar surface area (TPSA) is 108 Å². The Morgan fingerprint density at radius 1 is 0.977 bits per heavy atom. The number of aromatic nitrogens is 4. The Labute approximate surface area is 241 Å². The van der Waals surface area contributed by atoms with Crippen LogP contribution in [0.3, 0.4) is 0 Å². The highest BCUT2D eigenvalue weighted by Crippen LogP contribution is 2.43. The van der Waals surface area contributed by atoms with Crippen LogP contribution in [0.2, 0.25) is 0 Å². The Balaban J connectivity index is 1.77. The molecule has 0 bridgehead atoms. The molecular formula is C27H19F8N5O4. The Bertz CT molecular complexity index is 1710. The largest absolute Gasteiger partial charge is 0.493 e. The van der Waals surface area contributed by atoms with Crippen molar-refractivity contribution in [2.45, 2.75) is 31.6 Å². The second-order valence-electron chi connectivity index (χ2n) is 9.73. The lowest BCUT2D eigenvalue weighted by Crippen LogP contribution is -2.33. The molecule has 2 aromatic carbocycles. The number of ether oxygens (including phenoxy) is 1. The molecule has 2 aromatic heterocycles. The first-order chi connectivity index (χ1) is 20.7. The Hall–Kier alpha value is -4.67. The van der Waals surface area contributed by atoms with Crippen molar-refractivity contribution in [1.29, 1.82) is 0 Å². The predicted octanol–water partition coefficient (Wildman–Crippen LogP) is 4.97. The van der Waals surface area contributed by atoms with Gasteiger partial charge in [-0.3, -0.25) is 4.98 Å². The number of hydrogen-bond donors (Lipinski definition) is 1. The fourth-order valence-corrected chi connectivity index (χ4v) is 4.76. The van der Waals surface area contributed by atoms with Crippen molar-refractivity contribution in [2.75, 3.05) is 13.1 Å². The zero-order valence-electron chi connectivity index (χ0n) is 22.1. The summed E-state index contributed by atoms with van der Waals surface area (Å²) in [5.74, 6) is -9.12. The van der Waals surface area contributed by atoms with E-state index in [1.54, 1.807) is 0 Å². The maximum atomic E-state index is 14.8. The Morgan fingerprint density at radius 2 is 1.68 bits per heavy atom. The van der Waals surface area contributed by atoms with Gasteiger partial charge in [-0.05, 0) is 62.5 Å². The number of carbonyl (C=O) groups excluding carboxylic acids is 2. The zero-order chi connectivity index (χ0) is 31.8. The van der Waals surface area contributed by atoms with Crippen LogP contribution in [0.1, 0.15) is 18.5 Å². The van der Waals surface area contributed by atoms with Gasteiger partial charge in [0.1, 0.15) is 28.5 Å². The smallest absolute Gasteiger partial charge is 0.418 e. The summed E-state index contributed by atoms with van der Waals surface area (Å²) < 4.78 is 114. The van der Waals surface area contributed by atoms with Crippen molar-refractivity contribution in [3.63, 3.8) is 0 Å². The molecule has 232 valence electrons. The van der Waals surface area contributed by atoms with Gasteiger partial charge in [-0.1, -0.05) is 10.9 Å². The summed E-state index contributed by atoms with van der Waals surface area (Å²) in [6, 6.07) is 4.17. The minimum Gasteiger partial charge on any atom is -0.418 e. The monoisotopic (exact) mass is 629 g/mol. The minimum absolute atomic E-state index is 0.0340. The standard InChI is InChI=1S/C27H19F8N5O4/c28-16-4-1-5-17(29)20(16)15-6-7-19-21(23(15)43-24(41)26(30,31)32)22(39-40(19)44-25(42)27(33,34)35)18-12-37-11-14(38-18)9-13-3-2-8-36-10-13/h1,4-7,11-13,36H,2-3,8-10H2. The molecule has 0 spiro atoms. The van der Waals surface area contributed by atoms with E-state index in [-0.39, 0.29) is 16.5 Å². The number of halogens is 8. The maximum absolute atomic E-state index is 14.8. The summed E-state index contributed by atoms with van der Waals surface area (Å²) in [6.07, 6.45) is -6.55. The minimum atomic E-state index is -5.61. The highest BCUT2D eigenvalue weighted by atomic mass is 19.4. The highest BCUT2D eigenvalue weighted by Gasteiger charge is 2.44. The number of alkyl halides is 6. The fraction of sp³-hybridized carbons (Fsp3) is 0.296. The SMILES string of the molecule is O=C(Oc1c(-c2c(F)cccc2F)ccc2c1c(-c1cncc(CC3CCCNC3)n1)nn2OC(=O)C(F)(F)F)C(F)(F)F. The lowest BCUT2D eigenvalue weighted by atomic mass is 9.95. The quantitative estimate of drug-likeness (QED) is 0.181. The first-order valence-corrected chi connectivity index (χ1v) is 12.8. The van der Waals surface area contributed by atoms with Gasteiger partial charge in [-0.25, -0.2) is 23.4 Å². The molecule has 9 nitrogen and oxygen atoms in total. The van der Waals surface area contributed by atoms with E-state index >= 15 is 0 Å². The number of benzene rings is 2. The molecule has 1 unspecified atom stereocenters. The number of rotatable bonds is 6. The van der Waals surface area contributed by atoms with Gasteiger partial charge >= 0.3 is 24.3 Å². The van der Waals surface area contributed by atoms with E-state index < -0.39 is 69.4 Å². The second-order valence-corrected chi connectivity index (χ2v) is 9.73. The normalized spacial score (nSPS) is 15.8. The third-order valence-corrected chi connectivity index (χ3v) is 6.65. The molecule has 44 heavy (non-hydrogen) atoms. The number of esters is 1. The van der Waals surface area contributed by atoms with Crippen LogP contribution in [0.15, 0.2) is 42.7 Å². The number of hydrogen-bond acceptors (Lipinski definition) is 8. The van der Waals surface area contributed by atoms with Gasteiger partial charge in [0.2, 0.25) is 0 Å². The molecule has 1 saturated heterocycles. The molecule has 5 rings (SSSR count). The van der Waals surface area contributed by atoms with Gasteiger partial charge in [0.15, 0.2) is 5.75 Å². The van der Waals surface area contributed by atoms with Crippen molar-refractivity contribution in [1.82, 2.24) is 25.2 Å². The third kappa shape index (κ3) is 6.31. The Morgan fingerprint density at radius 3 is 2.32 bits per heavy atom. The van der Waals surface area contributed by atoms with Crippen LogP contribution in [0, 0.1) is 17.6 Å². The summed E-state index contributed by atoms with van der Waals surface area (Å²) >= 11 is 0. The number of fused-ring (bicyclic) bond motifs is 1. The second kappa shape index (κ2) is 11.8. The van der Waals surface area contributed by atoms with Crippen molar-refractivity contribution in [3.8, 4) is 28.3 Å². The van der Waals surface area contributed by atoms with Crippen LogP contribution in [0.4, 0.5) is 35.1 Å². The lowest BCUT2D eigenvalue weighted by Gasteiger charge is -2.22. The van der Waals surface area contributed by atoms with Crippen LogP contribution in [0.5, 0.6) is 5.75 Å². The van der Waals surface area contributed by atoms with Gasteiger partial charge in [0.05, 0.1) is 22.8 Å². The van der Waals surface area contributed by atoms with Crippen LogP contribution in [-0.4, -0.2) is 57.3 Å². The first kappa shape index (κ1) is 30.8. The molecule has 0 saturated carbocycles. The summed E-state index contributed by atoms with van der Waals surface area (Å²) in [5, 5.41) is 6.35. The number of nitrogens with one attached hydrogen (secondary N) is 1. The fourth-order valence-electron chi connectivity index (χ4n) is 4.76. The van der Waals surface area contributed by atoms with Crippen LogP contribution in [-0.2, 0) is 16.0 Å². The molecule has 4 aromatic rings. The summed E-state index contributed by atoms with van der Waals surface area (Å²) in [7, 11) is 0. The van der Waals surface area contributed by atoms with E-state index in [0.29, 0.717) is 18.7 Å². The average molecular weight is 629 g/mol.